The predicted molar refractivity (Wildman–Crippen MR) is 120 cm³/mol. The molecule has 3 aromatic carbocycles. The summed E-state index contributed by atoms with van der Waals surface area (Å²) in [6, 6.07) is 16.6. The van der Waals surface area contributed by atoms with Crippen LogP contribution in [0.25, 0.3) is 16.8 Å². The summed E-state index contributed by atoms with van der Waals surface area (Å²) in [4.78, 5) is 39.2. The van der Waals surface area contributed by atoms with Crippen molar-refractivity contribution in [3.8, 4) is 23.8 Å². The molecule has 158 valence electrons. The van der Waals surface area contributed by atoms with E-state index < -0.39 is 17.8 Å². The number of benzene rings is 3. The van der Waals surface area contributed by atoms with E-state index in [1.54, 1.807) is 30.3 Å². The lowest BCUT2D eigenvalue weighted by Gasteiger charge is -2.26. The molecule has 1 N–H and O–H groups in total. The molecule has 1 saturated heterocycles. The molecule has 0 saturated carbocycles. The molecule has 0 aromatic heterocycles. The molecule has 1 aliphatic rings. The topological polar surface area (TPSA) is 84.9 Å². The minimum Gasteiger partial charge on any atom is -0.497 e. The summed E-state index contributed by atoms with van der Waals surface area (Å²) >= 11 is 0. The number of nitrogens with zero attached hydrogens (tertiary/aromatic N) is 1. The van der Waals surface area contributed by atoms with Crippen molar-refractivity contribution in [3.05, 3.63) is 71.8 Å². The number of rotatable bonds is 5. The molecule has 4 amide bonds. The smallest absolute Gasteiger partial charge is 0.335 e. The van der Waals surface area contributed by atoms with Gasteiger partial charge in [0, 0.05) is 5.56 Å². The van der Waals surface area contributed by atoms with Crippen LogP contribution in [0.1, 0.15) is 5.56 Å². The van der Waals surface area contributed by atoms with Crippen LogP contribution in [-0.2, 0) is 9.59 Å². The number of fused-ring (bicyclic) bond motifs is 1. The highest BCUT2D eigenvalue weighted by Crippen LogP contribution is 2.32. The van der Waals surface area contributed by atoms with Gasteiger partial charge in [0.15, 0.2) is 0 Å². The zero-order chi connectivity index (χ0) is 22.7. The number of carbonyl (C=O) groups is 3. The van der Waals surface area contributed by atoms with E-state index in [1.165, 1.54) is 13.2 Å². The molecular formula is C25H18N2O5. The van der Waals surface area contributed by atoms with E-state index in [0.29, 0.717) is 22.7 Å². The summed E-state index contributed by atoms with van der Waals surface area (Å²) in [5.41, 5.74) is 0.608. The number of imide groups is 2. The zero-order valence-electron chi connectivity index (χ0n) is 17.1. The van der Waals surface area contributed by atoms with Gasteiger partial charge in [-0.25, -0.2) is 9.69 Å². The van der Waals surface area contributed by atoms with Gasteiger partial charge in [-0.3, -0.25) is 14.9 Å². The molecule has 32 heavy (non-hydrogen) atoms. The second-order valence-electron chi connectivity index (χ2n) is 6.85. The van der Waals surface area contributed by atoms with Crippen LogP contribution in [-0.4, -0.2) is 31.6 Å². The van der Waals surface area contributed by atoms with Gasteiger partial charge >= 0.3 is 6.03 Å². The van der Waals surface area contributed by atoms with E-state index in [9.17, 15) is 14.4 Å². The highest BCUT2D eigenvalue weighted by molar-refractivity contribution is 6.39. The van der Waals surface area contributed by atoms with Gasteiger partial charge in [0.25, 0.3) is 11.8 Å². The van der Waals surface area contributed by atoms with Gasteiger partial charge in [-0.15, -0.1) is 6.42 Å². The summed E-state index contributed by atoms with van der Waals surface area (Å²) in [7, 11) is 1.51. The van der Waals surface area contributed by atoms with Crippen LogP contribution in [0.3, 0.4) is 0 Å². The van der Waals surface area contributed by atoms with Crippen LogP contribution in [0.2, 0.25) is 0 Å². The second-order valence-corrected chi connectivity index (χ2v) is 6.85. The molecule has 3 aromatic rings. The Bertz CT molecular complexity index is 1300. The van der Waals surface area contributed by atoms with Crippen LogP contribution < -0.4 is 19.7 Å². The second kappa shape index (κ2) is 8.66. The van der Waals surface area contributed by atoms with Crippen molar-refractivity contribution in [2.75, 3.05) is 18.6 Å². The Kier molecular flexibility index (Phi) is 5.60. The number of amides is 4. The fraction of sp³-hybridized carbons (Fsp3) is 0.0800. The van der Waals surface area contributed by atoms with Gasteiger partial charge in [0.05, 0.1) is 12.8 Å². The third kappa shape index (κ3) is 3.77. The molecule has 4 rings (SSSR count). The van der Waals surface area contributed by atoms with Crippen LogP contribution >= 0.6 is 0 Å². The van der Waals surface area contributed by atoms with E-state index in [2.05, 4.69) is 11.2 Å². The number of hydrogen-bond donors (Lipinski definition) is 1. The summed E-state index contributed by atoms with van der Waals surface area (Å²) in [5.74, 6) is 1.85. The predicted octanol–water partition coefficient (Wildman–Crippen LogP) is 3.53. The Morgan fingerprint density at radius 1 is 1.03 bits per heavy atom. The van der Waals surface area contributed by atoms with Gasteiger partial charge in [0.1, 0.15) is 23.7 Å². The van der Waals surface area contributed by atoms with Crippen LogP contribution in [0.4, 0.5) is 10.5 Å². The van der Waals surface area contributed by atoms with Crippen molar-refractivity contribution in [1.82, 2.24) is 5.32 Å². The van der Waals surface area contributed by atoms with E-state index in [4.69, 9.17) is 15.9 Å². The van der Waals surface area contributed by atoms with E-state index in [1.807, 2.05) is 30.3 Å². The number of barbiturate groups is 1. The SMILES string of the molecule is C#CCOc1ccc2ccccc2c1/C=C1\C(=O)NC(=O)N(c2ccc(OC)cc2)C1=O. The van der Waals surface area contributed by atoms with Crippen molar-refractivity contribution in [2.45, 2.75) is 0 Å². The van der Waals surface area contributed by atoms with E-state index in [-0.39, 0.29) is 12.2 Å². The lowest BCUT2D eigenvalue weighted by Crippen LogP contribution is -2.54. The fourth-order valence-electron chi connectivity index (χ4n) is 3.44. The Morgan fingerprint density at radius 3 is 2.50 bits per heavy atom. The average molecular weight is 426 g/mol. The maximum Gasteiger partial charge on any atom is 0.335 e. The Hall–Kier alpha value is -4.57. The van der Waals surface area contributed by atoms with Crippen LogP contribution in [0.15, 0.2) is 66.2 Å². The minimum atomic E-state index is -0.830. The quantitative estimate of drug-likeness (QED) is 0.383. The first-order valence-electron chi connectivity index (χ1n) is 9.67. The minimum absolute atomic E-state index is 0.0190. The summed E-state index contributed by atoms with van der Waals surface area (Å²) < 4.78 is 10.8. The van der Waals surface area contributed by atoms with Crippen molar-refractivity contribution in [1.29, 1.82) is 0 Å². The number of urea groups is 1. The van der Waals surface area contributed by atoms with Gasteiger partial charge in [-0.2, -0.15) is 0 Å². The standard InChI is InChI=1S/C25H18N2O5/c1-3-14-32-22-13-8-16-6-4-5-7-19(16)20(22)15-21-23(28)26-25(30)27(24(21)29)17-9-11-18(31-2)12-10-17/h1,4-13,15H,14H2,2H3,(H,26,28,30)/b21-15+. The number of ether oxygens (including phenoxy) is 2. The molecule has 0 aliphatic carbocycles. The highest BCUT2D eigenvalue weighted by atomic mass is 16.5. The zero-order valence-corrected chi connectivity index (χ0v) is 17.1. The number of anilines is 1. The lowest BCUT2D eigenvalue weighted by molar-refractivity contribution is -0.122. The van der Waals surface area contributed by atoms with Gasteiger partial charge in [-0.1, -0.05) is 36.3 Å². The third-order valence-electron chi connectivity index (χ3n) is 4.96. The molecule has 0 unspecified atom stereocenters. The number of methoxy groups -OCH3 is 1. The summed E-state index contributed by atoms with van der Waals surface area (Å²) in [5, 5.41) is 3.88. The first-order chi connectivity index (χ1) is 15.5. The molecular weight excluding hydrogens is 408 g/mol. The van der Waals surface area contributed by atoms with Crippen LogP contribution in [0, 0.1) is 12.3 Å². The summed E-state index contributed by atoms with van der Waals surface area (Å²) in [6.45, 7) is 0.0190. The van der Waals surface area contributed by atoms with Gasteiger partial charge in [0.2, 0.25) is 0 Å². The van der Waals surface area contributed by atoms with Crippen molar-refractivity contribution < 1.29 is 23.9 Å². The van der Waals surface area contributed by atoms with Gasteiger partial charge < -0.3 is 9.47 Å². The van der Waals surface area contributed by atoms with Crippen molar-refractivity contribution >= 4 is 40.4 Å². The number of terminal acetylenes is 1. The molecule has 0 spiro atoms. The molecule has 1 heterocycles. The first kappa shape index (κ1) is 20.7. The highest BCUT2D eigenvalue weighted by Gasteiger charge is 2.37. The average Bonchev–Trinajstić information content (AvgIpc) is 2.81. The van der Waals surface area contributed by atoms with Crippen LogP contribution in [0.5, 0.6) is 11.5 Å². The lowest BCUT2D eigenvalue weighted by atomic mass is 9.99. The third-order valence-corrected chi connectivity index (χ3v) is 4.96. The van der Waals surface area contributed by atoms with Crippen molar-refractivity contribution in [3.63, 3.8) is 0 Å². The monoisotopic (exact) mass is 426 g/mol. The molecule has 1 aliphatic heterocycles. The Balaban J connectivity index is 1.83. The maximum atomic E-state index is 13.2. The molecule has 0 radical (unpaired) electrons. The number of nitrogens with one attached hydrogen (secondary N) is 1. The Morgan fingerprint density at radius 2 is 1.78 bits per heavy atom. The van der Waals surface area contributed by atoms with Gasteiger partial charge in [-0.05, 0) is 47.2 Å². The molecule has 0 atom stereocenters. The first-order valence-corrected chi connectivity index (χ1v) is 9.67. The largest absolute Gasteiger partial charge is 0.497 e. The number of carbonyl (C=O) groups excluding carboxylic acids is 3. The Labute approximate surface area is 184 Å². The fourth-order valence-corrected chi connectivity index (χ4v) is 3.44. The molecule has 7 heteroatoms. The van der Waals surface area contributed by atoms with Crippen molar-refractivity contribution in [2.24, 2.45) is 0 Å². The molecule has 7 nitrogen and oxygen atoms in total. The maximum absolute atomic E-state index is 13.2. The normalized spacial score (nSPS) is 14.9. The number of hydrogen-bond acceptors (Lipinski definition) is 5. The van der Waals surface area contributed by atoms with E-state index in [0.717, 1.165) is 15.7 Å². The van der Waals surface area contributed by atoms with E-state index >= 15 is 0 Å². The molecule has 1 fully saturated rings. The summed E-state index contributed by atoms with van der Waals surface area (Å²) in [6.07, 6.45) is 6.75. The molecule has 0 bridgehead atoms.